The highest BCUT2D eigenvalue weighted by atomic mass is 32.2. The number of nitrogens with one attached hydrogen (secondary N) is 1. The fraction of sp³-hybridized carbons (Fsp3) is 0.286. The molecule has 8 heteroatoms. The van der Waals surface area contributed by atoms with Crippen molar-refractivity contribution in [3.8, 4) is 0 Å². The SMILES string of the molecule is CC[C@H](C(=O)NC)N(Cc1cccc(C)c1)C(=O)CN(c1ccccc1C)S(=O)(=O)c1ccccc1. The average Bonchev–Trinajstić information content (AvgIpc) is 2.87. The van der Waals surface area contributed by atoms with Crippen LogP contribution in [0.25, 0.3) is 0 Å². The number of hydrogen-bond donors (Lipinski definition) is 1. The zero-order valence-electron chi connectivity index (χ0n) is 21.1. The van der Waals surface area contributed by atoms with Gasteiger partial charge in [-0.1, -0.05) is 73.2 Å². The lowest BCUT2D eigenvalue weighted by Gasteiger charge is -2.33. The van der Waals surface area contributed by atoms with E-state index in [4.69, 9.17) is 0 Å². The quantitative estimate of drug-likeness (QED) is 0.449. The maximum absolute atomic E-state index is 13.9. The topological polar surface area (TPSA) is 86.8 Å². The molecule has 0 aromatic heterocycles. The van der Waals surface area contributed by atoms with Crippen LogP contribution in [0.15, 0.2) is 83.8 Å². The summed E-state index contributed by atoms with van der Waals surface area (Å²) in [5.41, 5.74) is 3.02. The first-order valence-corrected chi connectivity index (χ1v) is 13.3. The Morgan fingerprint density at radius 2 is 1.58 bits per heavy atom. The second-order valence-electron chi connectivity index (χ2n) is 8.66. The fourth-order valence-corrected chi connectivity index (χ4v) is 5.67. The lowest BCUT2D eigenvalue weighted by molar-refractivity contribution is -0.140. The van der Waals surface area contributed by atoms with Crippen molar-refractivity contribution in [1.29, 1.82) is 0 Å². The summed E-state index contributed by atoms with van der Waals surface area (Å²) < 4.78 is 28.6. The van der Waals surface area contributed by atoms with Gasteiger partial charge in [0.05, 0.1) is 10.6 Å². The van der Waals surface area contributed by atoms with Gasteiger partial charge in [0.15, 0.2) is 0 Å². The first kappa shape index (κ1) is 26.9. The highest BCUT2D eigenvalue weighted by molar-refractivity contribution is 7.92. The number of hydrogen-bond acceptors (Lipinski definition) is 4. The molecular weight excluding hydrogens is 474 g/mol. The molecule has 36 heavy (non-hydrogen) atoms. The highest BCUT2D eigenvalue weighted by Crippen LogP contribution is 2.27. The van der Waals surface area contributed by atoms with E-state index in [0.29, 0.717) is 17.7 Å². The molecule has 0 radical (unpaired) electrons. The van der Waals surface area contributed by atoms with Crippen molar-refractivity contribution in [2.75, 3.05) is 17.9 Å². The van der Waals surface area contributed by atoms with Gasteiger partial charge in [0.1, 0.15) is 12.6 Å². The van der Waals surface area contributed by atoms with E-state index < -0.39 is 28.5 Å². The molecule has 3 rings (SSSR count). The zero-order chi connectivity index (χ0) is 26.3. The number of anilines is 1. The number of nitrogens with zero attached hydrogens (tertiary/aromatic N) is 2. The largest absolute Gasteiger partial charge is 0.357 e. The van der Waals surface area contributed by atoms with Crippen LogP contribution in [0.3, 0.4) is 0 Å². The van der Waals surface area contributed by atoms with Gasteiger partial charge in [-0.15, -0.1) is 0 Å². The average molecular weight is 508 g/mol. The number of benzene rings is 3. The predicted molar refractivity (Wildman–Crippen MR) is 142 cm³/mol. The summed E-state index contributed by atoms with van der Waals surface area (Å²) >= 11 is 0. The lowest BCUT2D eigenvalue weighted by atomic mass is 10.1. The molecule has 2 amide bonds. The number of para-hydroxylation sites is 1. The minimum atomic E-state index is -4.06. The van der Waals surface area contributed by atoms with Gasteiger partial charge < -0.3 is 10.2 Å². The molecule has 3 aromatic rings. The summed E-state index contributed by atoms with van der Waals surface area (Å²) in [5.74, 6) is -0.762. The number of likely N-dealkylation sites (N-methyl/N-ethyl adjacent to an activating group) is 1. The maximum Gasteiger partial charge on any atom is 0.264 e. The van der Waals surface area contributed by atoms with Gasteiger partial charge >= 0.3 is 0 Å². The monoisotopic (exact) mass is 507 g/mol. The van der Waals surface area contributed by atoms with Gasteiger partial charge in [0, 0.05) is 13.6 Å². The van der Waals surface area contributed by atoms with E-state index in [0.717, 1.165) is 15.4 Å². The van der Waals surface area contributed by atoms with E-state index in [1.807, 2.05) is 44.2 Å². The van der Waals surface area contributed by atoms with E-state index in [1.165, 1.54) is 24.1 Å². The Kier molecular flexibility index (Phi) is 8.88. The lowest BCUT2D eigenvalue weighted by Crippen LogP contribution is -2.51. The Hall–Kier alpha value is -3.65. The van der Waals surface area contributed by atoms with Crippen molar-refractivity contribution in [3.63, 3.8) is 0 Å². The maximum atomic E-state index is 13.9. The van der Waals surface area contributed by atoms with E-state index in [9.17, 15) is 18.0 Å². The van der Waals surface area contributed by atoms with Crippen molar-refractivity contribution in [2.45, 2.75) is 44.7 Å². The molecule has 0 fully saturated rings. The molecule has 0 saturated heterocycles. The van der Waals surface area contributed by atoms with Crippen LogP contribution in [0.5, 0.6) is 0 Å². The molecule has 0 unspecified atom stereocenters. The van der Waals surface area contributed by atoms with E-state index in [-0.39, 0.29) is 17.3 Å². The zero-order valence-corrected chi connectivity index (χ0v) is 22.0. The van der Waals surface area contributed by atoms with Crippen LogP contribution in [-0.2, 0) is 26.2 Å². The van der Waals surface area contributed by atoms with Crippen LogP contribution in [0.2, 0.25) is 0 Å². The molecule has 0 bridgehead atoms. The van der Waals surface area contributed by atoms with Crippen LogP contribution < -0.4 is 9.62 Å². The van der Waals surface area contributed by atoms with Crippen LogP contribution in [-0.4, -0.2) is 44.8 Å². The van der Waals surface area contributed by atoms with Crippen molar-refractivity contribution >= 4 is 27.5 Å². The standard InChI is InChI=1S/C28H33N3O4S/c1-5-25(28(33)29-4)30(19-23-14-11-12-21(2)18-23)27(32)20-31(26-17-10-9-13-22(26)3)36(34,35)24-15-7-6-8-16-24/h6-18,25H,5,19-20H2,1-4H3,(H,29,33)/t25-/m1/s1. The molecule has 1 atom stereocenters. The summed E-state index contributed by atoms with van der Waals surface area (Å²) in [6.45, 7) is 5.33. The van der Waals surface area contributed by atoms with Crippen LogP contribution >= 0.6 is 0 Å². The molecule has 190 valence electrons. The normalized spacial score (nSPS) is 12.0. The predicted octanol–water partition coefficient (Wildman–Crippen LogP) is 4.05. The first-order valence-electron chi connectivity index (χ1n) is 11.9. The molecule has 7 nitrogen and oxygen atoms in total. The minimum Gasteiger partial charge on any atom is -0.357 e. The first-order chi connectivity index (χ1) is 17.2. The van der Waals surface area contributed by atoms with Gasteiger partial charge in [0.2, 0.25) is 11.8 Å². The second kappa shape index (κ2) is 11.9. The molecule has 0 spiro atoms. The molecule has 1 N–H and O–H groups in total. The molecule has 0 heterocycles. The molecule has 0 aliphatic heterocycles. The molecule has 3 aromatic carbocycles. The Bertz CT molecular complexity index is 1310. The van der Waals surface area contributed by atoms with Crippen LogP contribution in [0, 0.1) is 13.8 Å². The molecule has 0 aliphatic carbocycles. The van der Waals surface area contributed by atoms with Crippen molar-refractivity contribution in [3.05, 3.63) is 95.6 Å². The van der Waals surface area contributed by atoms with Gasteiger partial charge in [0.25, 0.3) is 10.0 Å². The van der Waals surface area contributed by atoms with Gasteiger partial charge in [-0.25, -0.2) is 8.42 Å². The summed E-state index contributed by atoms with van der Waals surface area (Å²) in [7, 11) is -2.53. The summed E-state index contributed by atoms with van der Waals surface area (Å²) in [6.07, 6.45) is 0.382. The number of sulfonamides is 1. The molecular formula is C28H33N3O4S. The third-order valence-electron chi connectivity index (χ3n) is 6.06. The number of aryl methyl sites for hydroxylation is 2. The Morgan fingerprint density at radius 3 is 2.19 bits per heavy atom. The Balaban J connectivity index is 2.06. The van der Waals surface area contributed by atoms with Gasteiger partial charge in [-0.05, 0) is 49.6 Å². The summed E-state index contributed by atoms with van der Waals surface area (Å²) in [6, 6.07) is 22.0. The fourth-order valence-electron chi connectivity index (χ4n) is 4.17. The van der Waals surface area contributed by atoms with E-state index in [2.05, 4.69) is 5.32 Å². The smallest absolute Gasteiger partial charge is 0.264 e. The minimum absolute atomic E-state index is 0.0876. The van der Waals surface area contributed by atoms with Crippen molar-refractivity contribution in [1.82, 2.24) is 10.2 Å². The van der Waals surface area contributed by atoms with Crippen LogP contribution in [0.4, 0.5) is 5.69 Å². The molecule has 0 saturated carbocycles. The number of carbonyl (C=O) groups excluding carboxylic acids is 2. The number of carbonyl (C=O) groups is 2. The van der Waals surface area contributed by atoms with Crippen LogP contribution in [0.1, 0.15) is 30.0 Å². The van der Waals surface area contributed by atoms with Gasteiger partial charge in [-0.3, -0.25) is 13.9 Å². The van der Waals surface area contributed by atoms with Crippen molar-refractivity contribution in [2.24, 2.45) is 0 Å². The summed E-state index contributed by atoms with van der Waals surface area (Å²) in [5, 5.41) is 2.63. The Labute approximate surface area is 213 Å². The van der Waals surface area contributed by atoms with E-state index >= 15 is 0 Å². The number of rotatable bonds is 10. The van der Waals surface area contributed by atoms with E-state index in [1.54, 1.807) is 43.3 Å². The summed E-state index contributed by atoms with van der Waals surface area (Å²) in [4.78, 5) is 28.2. The third kappa shape index (κ3) is 6.12. The molecule has 0 aliphatic rings. The van der Waals surface area contributed by atoms with Gasteiger partial charge in [-0.2, -0.15) is 0 Å². The second-order valence-corrected chi connectivity index (χ2v) is 10.5. The highest BCUT2D eigenvalue weighted by Gasteiger charge is 2.33. The van der Waals surface area contributed by atoms with Crippen molar-refractivity contribution < 1.29 is 18.0 Å². The number of amides is 2. The Morgan fingerprint density at radius 1 is 0.917 bits per heavy atom. The third-order valence-corrected chi connectivity index (χ3v) is 7.84.